The summed E-state index contributed by atoms with van der Waals surface area (Å²) in [6.45, 7) is 4.45. The fourth-order valence-corrected chi connectivity index (χ4v) is 1.60. The van der Waals surface area contributed by atoms with Crippen molar-refractivity contribution in [1.29, 1.82) is 0 Å². The lowest BCUT2D eigenvalue weighted by atomic mass is 10.1. The zero-order chi connectivity index (χ0) is 15.1. The number of carbonyl (C=O) groups excluding carboxylic acids is 1. The minimum atomic E-state index is -0.973. The molecule has 1 aromatic rings. The summed E-state index contributed by atoms with van der Waals surface area (Å²) in [5, 5.41) is 10.7. The van der Waals surface area contributed by atoms with Gasteiger partial charge in [-0.05, 0) is 12.1 Å². The monoisotopic (exact) mass is 282 g/mol. The number of nitrogens with zero attached hydrogens (tertiary/aromatic N) is 2. The van der Waals surface area contributed by atoms with E-state index in [9.17, 15) is 19.3 Å². The van der Waals surface area contributed by atoms with Crippen molar-refractivity contribution in [3.8, 4) is 0 Å². The predicted molar refractivity (Wildman–Crippen MR) is 71.0 cm³/mol. The van der Waals surface area contributed by atoms with Crippen molar-refractivity contribution in [1.82, 2.24) is 4.90 Å². The first-order chi connectivity index (χ1) is 9.51. The molecule has 1 rings (SSSR count). The number of benzene rings is 1. The molecule has 0 atom stereocenters. The Kier molecular flexibility index (Phi) is 5.79. The summed E-state index contributed by atoms with van der Waals surface area (Å²) in [6.07, 6.45) is 1.53. The number of carbonyl (C=O) groups is 1. The van der Waals surface area contributed by atoms with Crippen LogP contribution in [-0.2, 0) is 4.74 Å². The first-order valence-corrected chi connectivity index (χ1v) is 5.84. The highest BCUT2D eigenvalue weighted by atomic mass is 19.1. The molecule has 6 nitrogen and oxygen atoms in total. The van der Waals surface area contributed by atoms with Crippen LogP contribution < -0.4 is 0 Å². The molecule has 1 amide bonds. The van der Waals surface area contributed by atoms with Gasteiger partial charge in [-0.25, -0.2) is 0 Å². The summed E-state index contributed by atoms with van der Waals surface area (Å²) >= 11 is 0. The summed E-state index contributed by atoms with van der Waals surface area (Å²) in [4.78, 5) is 23.4. The van der Waals surface area contributed by atoms with Gasteiger partial charge < -0.3 is 9.64 Å². The number of hydrogen-bond acceptors (Lipinski definition) is 4. The van der Waals surface area contributed by atoms with Gasteiger partial charge in [0.15, 0.2) is 0 Å². The van der Waals surface area contributed by atoms with Crippen molar-refractivity contribution in [2.45, 2.75) is 0 Å². The number of rotatable bonds is 7. The molecule has 0 unspecified atom stereocenters. The van der Waals surface area contributed by atoms with E-state index in [1.54, 1.807) is 0 Å². The van der Waals surface area contributed by atoms with E-state index in [2.05, 4.69) is 6.58 Å². The van der Waals surface area contributed by atoms with Crippen molar-refractivity contribution in [3.63, 3.8) is 0 Å². The van der Waals surface area contributed by atoms with E-state index in [0.29, 0.717) is 13.2 Å². The standard InChI is InChI=1S/C13H15FN2O4/c1-3-6-15(7-8-20-2)13(17)10-4-5-11(14)12(9-10)16(18)19/h3-5,9H,1,6-8H2,2H3. The summed E-state index contributed by atoms with van der Waals surface area (Å²) in [5.41, 5.74) is -0.669. The zero-order valence-electron chi connectivity index (χ0n) is 11.0. The third kappa shape index (κ3) is 3.86. The van der Waals surface area contributed by atoms with Crippen LogP contribution in [0.15, 0.2) is 30.9 Å². The molecule has 108 valence electrons. The van der Waals surface area contributed by atoms with Gasteiger partial charge in [-0.3, -0.25) is 14.9 Å². The molecule has 0 N–H and O–H groups in total. The molecule has 7 heteroatoms. The number of nitro benzene ring substituents is 1. The Balaban J connectivity index is 3.02. The molecule has 0 aliphatic rings. The molecule has 0 spiro atoms. The number of ether oxygens (including phenoxy) is 1. The number of amides is 1. The summed E-state index contributed by atoms with van der Waals surface area (Å²) < 4.78 is 18.1. The topological polar surface area (TPSA) is 72.7 Å². The maximum Gasteiger partial charge on any atom is 0.305 e. The lowest BCUT2D eigenvalue weighted by Gasteiger charge is -2.20. The number of methoxy groups -OCH3 is 1. The second kappa shape index (κ2) is 7.34. The highest BCUT2D eigenvalue weighted by Gasteiger charge is 2.20. The molecular formula is C13H15FN2O4. The lowest BCUT2D eigenvalue weighted by molar-refractivity contribution is -0.387. The Hall–Kier alpha value is -2.28. The zero-order valence-corrected chi connectivity index (χ0v) is 11.0. The van der Waals surface area contributed by atoms with E-state index >= 15 is 0 Å². The van der Waals surface area contributed by atoms with Crippen LogP contribution >= 0.6 is 0 Å². The molecule has 0 aliphatic heterocycles. The second-order valence-corrected chi connectivity index (χ2v) is 3.96. The van der Waals surface area contributed by atoms with Crippen LogP contribution in [0.1, 0.15) is 10.4 Å². The average Bonchev–Trinajstić information content (AvgIpc) is 2.43. The molecule has 0 radical (unpaired) electrons. The first kappa shape index (κ1) is 15.8. The molecule has 0 bridgehead atoms. The number of halogens is 1. The molecule has 0 saturated carbocycles. The lowest BCUT2D eigenvalue weighted by Crippen LogP contribution is -2.34. The molecule has 0 aliphatic carbocycles. The smallest absolute Gasteiger partial charge is 0.305 e. The van der Waals surface area contributed by atoms with Crippen LogP contribution in [0.5, 0.6) is 0 Å². The van der Waals surface area contributed by atoms with Crippen molar-refractivity contribution >= 4 is 11.6 Å². The van der Waals surface area contributed by atoms with Gasteiger partial charge in [-0.2, -0.15) is 4.39 Å². The van der Waals surface area contributed by atoms with Crippen LogP contribution in [-0.4, -0.2) is 42.5 Å². The van der Waals surface area contributed by atoms with Crippen LogP contribution in [0, 0.1) is 15.9 Å². The molecule has 20 heavy (non-hydrogen) atoms. The van der Waals surface area contributed by atoms with E-state index in [0.717, 1.165) is 12.1 Å². The third-order valence-corrected chi connectivity index (χ3v) is 2.59. The van der Waals surface area contributed by atoms with Gasteiger partial charge >= 0.3 is 5.69 Å². The summed E-state index contributed by atoms with van der Waals surface area (Å²) in [5.74, 6) is -1.41. The Morgan fingerprint density at radius 2 is 2.30 bits per heavy atom. The van der Waals surface area contributed by atoms with Crippen LogP contribution in [0.2, 0.25) is 0 Å². The molecule has 0 saturated heterocycles. The summed E-state index contributed by atoms with van der Waals surface area (Å²) in [7, 11) is 1.50. The number of hydrogen-bond donors (Lipinski definition) is 0. The maximum absolute atomic E-state index is 13.2. The Bertz CT molecular complexity index is 519. The molecule has 0 fully saturated rings. The predicted octanol–water partition coefficient (Wildman–Crippen LogP) is 2.01. The van der Waals surface area contributed by atoms with E-state index in [1.807, 2.05) is 0 Å². The fourth-order valence-electron chi connectivity index (χ4n) is 1.60. The van der Waals surface area contributed by atoms with Crippen molar-refractivity contribution in [2.24, 2.45) is 0 Å². The highest BCUT2D eigenvalue weighted by molar-refractivity contribution is 5.95. The van der Waals surface area contributed by atoms with Gasteiger partial charge in [0.25, 0.3) is 5.91 Å². The van der Waals surface area contributed by atoms with Crippen molar-refractivity contribution in [3.05, 3.63) is 52.3 Å². The van der Waals surface area contributed by atoms with Gasteiger partial charge in [0, 0.05) is 31.8 Å². The normalized spacial score (nSPS) is 10.1. The third-order valence-electron chi connectivity index (χ3n) is 2.59. The largest absolute Gasteiger partial charge is 0.383 e. The quantitative estimate of drug-likeness (QED) is 0.435. The summed E-state index contributed by atoms with van der Waals surface area (Å²) in [6, 6.07) is 3.06. The molecule has 0 aromatic heterocycles. The fraction of sp³-hybridized carbons (Fsp3) is 0.308. The van der Waals surface area contributed by atoms with Crippen molar-refractivity contribution in [2.75, 3.05) is 26.8 Å². The Labute approximate surface area is 115 Å². The van der Waals surface area contributed by atoms with Crippen LogP contribution in [0.4, 0.5) is 10.1 Å². The van der Waals surface area contributed by atoms with Crippen LogP contribution in [0.25, 0.3) is 0 Å². The van der Waals surface area contributed by atoms with Gasteiger partial charge in [0.2, 0.25) is 5.82 Å². The molecule has 1 aromatic carbocycles. The van der Waals surface area contributed by atoms with Crippen LogP contribution in [0.3, 0.4) is 0 Å². The van der Waals surface area contributed by atoms with E-state index in [4.69, 9.17) is 4.74 Å². The second-order valence-electron chi connectivity index (χ2n) is 3.96. The van der Waals surface area contributed by atoms with Crippen molar-refractivity contribution < 1.29 is 18.8 Å². The van der Waals surface area contributed by atoms with Gasteiger partial charge in [0.1, 0.15) is 0 Å². The van der Waals surface area contributed by atoms with Gasteiger partial charge in [-0.15, -0.1) is 6.58 Å². The van der Waals surface area contributed by atoms with E-state index in [1.165, 1.54) is 24.2 Å². The van der Waals surface area contributed by atoms with E-state index in [-0.39, 0.29) is 12.1 Å². The SMILES string of the molecule is C=CCN(CCOC)C(=O)c1ccc(F)c([N+](=O)[O-])c1. The Morgan fingerprint density at radius 3 is 2.85 bits per heavy atom. The minimum Gasteiger partial charge on any atom is -0.383 e. The molecule has 0 heterocycles. The highest BCUT2D eigenvalue weighted by Crippen LogP contribution is 2.19. The minimum absolute atomic E-state index is 0.0519. The Morgan fingerprint density at radius 1 is 1.60 bits per heavy atom. The first-order valence-electron chi connectivity index (χ1n) is 5.84. The average molecular weight is 282 g/mol. The van der Waals surface area contributed by atoms with Gasteiger partial charge in [-0.1, -0.05) is 6.08 Å². The van der Waals surface area contributed by atoms with E-state index < -0.39 is 22.3 Å². The molecular weight excluding hydrogens is 267 g/mol. The maximum atomic E-state index is 13.2. The van der Waals surface area contributed by atoms with Gasteiger partial charge in [0.05, 0.1) is 11.5 Å². The number of nitro groups is 1.